The van der Waals surface area contributed by atoms with Crippen molar-refractivity contribution in [2.45, 2.75) is 19.4 Å². The molecule has 0 saturated carbocycles. The normalized spacial score (nSPS) is 12.4. The molecule has 0 aliphatic rings. The van der Waals surface area contributed by atoms with Crippen molar-refractivity contribution in [1.29, 1.82) is 0 Å². The monoisotopic (exact) mass is 290 g/mol. The third-order valence-corrected chi connectivity index (χ3v) is 3.90. The summed E-state index contributed by atoms with van der Waals surface area (Å²) in [5.41, 5.74) is 3.84. The summed E-state index contributed by atoms with van der Waals surface area (Å²) in [5.74, 6) is 0. The summed E-state index contributed by atoms with van der Waals surface area (Å²) in [6.07, 6.45) is 0.230. The highest BCUT2D eigenvalue weighted by Crippen LogP contribution is 2.28. The molecule has 1 unspecified atom stereocenters. The molecule has 0 spiro atoms. The number of ether oxygens (including phenoxy) is 1. The van der Waals surface area contributed by atoms with Gasteiger partial charge in [0.1, 0.15) is 6.10 Å². The Morgan fingerprint density at radius 2 is 1.85 bits per heavy atom. The lowest BCUT2D eigenvalue weighted by atomic mass is 9.96. The van der Waals surface area contributed by atoms with E-state index in [-0.39, 0.29) is 0 Å². The SMILES string of the molecule is COCCc1ccc(C(O)c2cccc(Cl)c2C)cc1. The Kier molecular flexibility index (Phi) is 5.18. The van der Waals surface area contributed by atoms with Gasteiger partial charge < -0.3 is 9.84 Å². The summed E-state index contributed by atoms with van der Waals surface area (Å²) in [7, 11) is 1.69. The van der Waals surface area contributed by atoms with Crippen molar-refractivity contribution in [2.24, 2.45) is 0 Å². The number of hydrogen-bond acceptors (Lipinski definition) is 2. The molecule has 0 fully saturated rings. The maximum atomic E-state index is 10.5. The Bertz CT molecular complexity index is 564. The number of methoxy groups -OCH3 is 1. The molecule has 2 nitrogen and oxygen atoms in total. The molecule has 0 saturated heterocycles. The first-order valence-electron chi connectivity index (χ1n) is 6.64. The second-order valence-corrected chi connectivity index (χ2v) is 5.25. The van der Waals surface area contributed by atoms with E-state index in [0.29, 0.717) is 11.6 Å². The van der Waals surface area contributed by atoms with E-state index in [1.807, 2.05) is 49.4 Å². The lowest BCUT2D eigenvalue weighted by Gasteiger charge is -2.15. The van der Waals surface area contributed by atoms with Crippen LogP contribution in [0.1, 0.15) is 28.4 Å². The van der Waals surface area contributed by atoms with Crippen LogP contribution in [0, 0.1) is 6.92 Å². The third kappa shape index (κ3) is 3.40. The van der Waals surface area contributed by atoms with Gasteiger partial charge >= 0.3 is 0 Å². The third-order valence-electron chi connectivity index (χ3n) is 3.49. The lowest BCUT2D eigenvalue weighted by Crippen LogP contribution is -2.03. The van der Waals surface area contributed by atoms with Crippen LogP contribution in [0.25, 0.3) is 0 Å². The van der Waals surface area contributed by atoms with Gasteiger partial charge in [-0.1, -0.05) is 48.0 Å². The van der Waals surface area contributed by atoms with Gasteiger partial charge in [-0.25, -0.2) is 0 Å². The minimum absolute atomic E-state index is 0.648. The largest absolute Gasteiger partial charge is 0.384 e. The van der Waals surface area contributed by atoms with Crippen molar-refractivity contribution < 1.29 is 9.84 Å². The van der Waals surface area contributed by atoms with E-state index in [1.165, 1.54) is 5.56 Å². The summed E-state index contributed by atoms with van der Waals surface area (Å²) in [6.45, 7) is 2.63. The Balaban J connectivity index is 2.20. The highest BCUT2D eigenvalue weighted by molar-refractivity contribution is 6.31. The summed E-state index contributed by atoms with van der Waals surface area (Å²) in [4.78, 5) is 0. The van der Waals surface area contributed by atoms with Crippen LogP contribution in [0.5, 0.6) is 0 Å². The van der Waals surface area contributed by atoms with Crippen molar-refractivity contribution >= 4 is 11.6 Å². The van der Waals surface area contributed by atoms with Crippen LogP contribution in [0.2, 0.25) is 5.02 Å². The van der Waals surface area contributed by atoms with Gasteiger partial charge in [-0.2, -0.15) is 0 Å². The topological polar surface area (TPSA) is 29.5 Å². The molecule has 2 aromatic carbocycles. The van der Waals surface area contributed by atoms with Gasteiger partial charge in [0, 0.05) is 12.1 Å². The summed E-state index contributed by atoms with van der Waals surface area (Å²) in [5, 5.41) is 11.2. The average molecular weight is 291 g/mol. The van der Waals surface area contributed by atoms with E-state index in [2.05, 4.69) is 0 Å². The number of aliphatic hydroxyl groups is 1. The number of halogens is 1. The molecule has 2 aromatic rings. The van der Waals surface area contributed by atoms with Gasteiger partial charge in [-0.05, 0) is 41.7 Å². The van der Waals surface area contributed by atoms with Crippen molar-refractivity contribution in [1.82, 2.24) is 0 Å². The van der Waals surface area contributed by atoms with E-state index >= 15 is 0 Å². The molecule has 3 heteroatoms. The first-order valence-corrected chi connectivity index (χ1v) is 7.02. The Hall–Kier alpha value is -1.35. The first-order chi connectivity index (χ1) is 9.63. The molecule has 0 amide bonds. The van der Waals surface area contributed by atoms with Crippen LogP contribution < -0.4 is 0 Å². The predicted molar refractivity (Wildman–Crippen MR) is 82.3 cm³/mol. The van der Waals surface area contributed by atoms with Crippen LogP contribution in [0.15, 0.2) is 42.5 Å². The van der Waals surface area contributed by atoms with Gasteiger partial charge in [0.2, 0.25) is 0 Å². The molecular formula is C17H19ClO2. The van der Waals surface area contributed by atoms with Crippen molar-refractivity contribution in [3.8, 4) is 0 Å². The quantitative estimate of drug-likeness (QED) is 0.904. The number of rotatable bonds is 5. The highest BCUT2D eigenvalue weighted by Gasteiger charge is 2.14. The molecule has 0 bridgehead atoms. The maximum Gasteiger partial charge on any atom is 0.104 e. The molecule has 0 aliphatic carbocycles. The second-order valence-electron chi connectivity index (χ2n) is 4.84. The van der Waals surface area contributed by atoms with Crippen LogP contribution in [-0.4, -0.2) is 18.8 Å². The van der Waals surface area contributed by atoms with Gasteiger partial charge in [-0.3, -0.25) is 0 Å². The highest BCUT2D eigenvalue weighted by atomic mass is 35.5. The predicted octanol–water partition coefficient (Wildman–Crippen LogP) is 3.92. The molecule has 2 rings (SSSR count). The van der Waals surface area contributed by atoms with Crippen LogP contribution in [0.3, 0.4) is 0 Å². The van der Waals surface area contributed by atoms with Crippen LogP contribution in [0.4, 0.5) is 0 Å². The zero-order valence-corrected chi connectivity index (χ0v) is 12.5. The van der Waals surface area contributed by atoms with E-state index in [0.717, 1.165) is 23.1 Å². The molecule has 0 heterocycles. The Labute approximate surface area is 125 Å². The number of aliphatic hydroxyl groups excluding tert-OH is 1. The van der Waals surface area contributed by atoms with Gasteiger partial charge in [0.25, 0.3) is 0 Å². The smallest absolute Gasteiger partial charge is 0.104 e. The van der Waals surface area contributed by atoms with E-state index < -0.39 is 6.10 Å². The average Bonchev–Trinajstić information content (AvgIpc) is 2.48. The van der Waals surface area contributed by atoms with E-state index in [4.69, 9.17) is 16.3 Å². The standard InChI is InChI=1S/C17H19ClO2/c1-12-15(4-3-5-16(12)18)17(19)14-8-6-13(7-9-14)10-11-20-2/h3-9,17,19H,10-11H2,1-2H3. The molecule has 0 aromatic heterocycles. The second kappa shape index (κ2) is 6.89. The van der Waals surface area contributed by atoms with E-state index in [9.17, 15) is 5.11 Å². The zero-order valence-electron chi connectivity index (χ0n) is 11.8. The number of benzene rings is 2. The van der Waals surface area contributed by atoms with Crippen LogP contribution >= 0.6 is 11.6 Å². The molecule has 1 atom stereocenters. The first kappa shape index (κ1) is 15.0. The fourth-order valence-electron chi connectivity index (χ4n) is 2.19. The summed E-state index contributed by atoms with van der Waals surface area (Å²) < 4.78 is 5.06. The van der Waals surface area contributed by atoms with Gasteiger partial charge in [0.05, 0.1) is 6.61 Å². The fraction of sp³-hybridized carbons (Fsp3) is 0.294. The van der Waals surface area contributed by atoms with E-state index in [1.54, 1.807) is 7.11 Å². The summed E-state index contributed by atoms with van der Waals surface area (Å²) in [6, 6.07) is 13.6. The minimum atomic E-state index is -0.648. The Morgan fingerprint density at radius 3 is 2.50 bits per heavy atom. The van der Waals surface area contributed by atoms with Crippen molar-refractivity contribution in [2.75, 3.05) is 13.7 Å². The fourth-order valence-corrected chi connectivity index (χ4v) is 2.37. The zero-order chi connectivity index (χ0) is 14.5. The van der Waals surface area contributed by atoms with Crippen LogP contribution in [-0.2, 0) is 11.2 Å². The van der Waals surface area contributed by atoms with Gasteiger partial charge in [0.15, 0.2) is 0 Å². The molecular weight excluding hydrogens is 272 g/mol. The Morgan fingerprint density at radius 1 is 1.15 bits per heavy atom. The molecule has 1 N–H and O–H groups in total. The summed E-state index contributed by atoms with van der Waals surface area (Å²) >= 11 is 6.10. The van der Waals surface area contributed by atoms with Crippen molar-refractivity contribution in [3.05, 3.63) is 69.7 Å². The minimum Gasteiger partial charge on any atom is -0.384 e. The molecule has 0 radical (unpaired) electrons. The molecule has 0 aliphatic heterocycles. The number of hydrogen-bond donors (Lipinski definition) is 1. The van der Waals surface area contributed by atoms with Gasteiger partial charge in [-0.15, -0.1) is 0 Å². The molecule has 106 valence electrons. The van der Waals surface area contributed by atoms with Crippen molar-refractivity contribution in [3.63, 3.8) is 0 Å². The maximum absolute atomic E-state index is 10.5. The lowest BCUT2D eigenvalue weighted by molar-refractivity contribution is 0.202. The molecule has 20 heavy (non-hydrogen) atoms.